The molecule has 1 aromatic carbocycles. The normalized spacial score (nSPS) is 10.6. The van der Waals surface area contributed by atoms with Gasteiger partial charge in [0.25, 0.3) is 0 Å². The van der Waals surface area contributed by atoms with Crippen LogP contribution in [0.4, 0.5) is 22.0 Å². The van der Waals surface area contributed by atoms with Crippen molar-refractivity contribution in [2.45, 2.75) is 20.0 Å². The minimum atomic E-state index is -0.289. The van der Waals surface area contributed by atoms with Crippen molar-refractivity contribution in [3.63, 3.8) is 0 Å². The van der Waals surface area contributed by atoms with Gasteiger partial charge in [-0.2, -0.15) is 15.0 Å². The molecule has 0 fully saturated rings. The SMILES string of the molecule is CNc1nc(OC(C)C)nc(N(C)c2ccc(F)cc2)n1. The molecule has 0 bridgehead atoms. The van der Waals surface area contributed by atoms with Gasteiger partial charge in [0.1, 0.15) is 5.82 Å². The number of rotatable bonds is 5. The van der Waals surface area contributed by atoms with Gasteiger partial charge in [-0.05, 0) is 38.1 Å². The molecule has 0 radical (unpaired) electrons. The lowest BCUT2D eigenvalue weighted by atomic mass is 10.3. The standard InChI is InChI=1S/C14H18FN5O/c1-9(2)21-14-18-12(16-3)17-13(19-14)20(4)11-7-5-10(15)6-8-11/h5-9H,1-4H3,(H,16,17,18,19). The van der Waals surface area contributed by atoms with Gasteiger partial charge in [-0.1, -0.05) is 0 Å². The van der Waals surface area contributed by atoms with Crippen molar-refractivity contribution in [3.8, 4) is 6.01 Å². The molecule has 7 heteroatoms. The van der Waals surface area contributed by atoms with E-state index in [1.165, 1.54) is 12.1 Å². The molecule has 0 aliphatic rings. The number of nitrogens with one attached hydrogen (secondary N) is 1. The number of nitrogens with zero attached hydrogens (tertiary/aromatic N) is 4. The number of anilines is 3. The Kier molecular flexibility index (Phi) is 4.52. The van der Waals surface area contributed by atoms with E-state index in [9.17, 15) is 4.39 Å². The Morgan fingerprint density at radius 2 is 1.81 bits per heavy atom. The van der Waals surface area contributed by atoms with Gasteiger partial charge in [0.05, 0.1) is 6.10 Å². The van der Waals surface area contributed by atoms with Gasteiger partial charge in [-0.25, -0.2) is 4.39 Å². The Morgan fingerprint density at radius 1 is 1.14 bits per heavy atom. The van der Waals surface area contributed by atoms with Crippen LogP contribution in [0.1, 0.15) is 13.8 Å². The summed E-state index contributed by atoms with van der Waals surface area (Å²) in [6.45, 7) is 3.79. The summed E-state index contributed by atoms with van der Waals surface area (Å²) in [7, 11) is 3.51. The van der Waals surface area contributed by atoms with E-state index in [2.05, 4.69) is 20.3 Å². The Balaban J connectivity index is 2.34. The first-order valence-electron chi connectivity index (χ1n) is 6.59. The molecular weight excluding hydrogens is 273 g/mol. The number of hydrogen-bond donors (Lipinski definition) is 1. The van der Waals surface area contributed by atoms with Gasteiger partial charge < -0.3 is 15.0 Å². The van der Waals surface area contributed by atoms with Crippen molar-refractivity contribution in [1.29, 1.82) is 0 Å². The lowest BCUT2D eigenvalue weighted by Crippen LogP contribution is -2.17. The summed E-state index contributed by atoms with van der Waals surface area (Å²) < 4.78 is 18.5. The Bertz CT molecular complexity index is 603. The van der Waals surface area contributed by atoms with Crippen molar-refractivity contribution >= 4 is 17.6 Å². The predicted octanol–water partition coefficient (Wildman–Crippen LogP) is 2.61. The fourth-order valence-electron chi connectivity index (χ4n) is 1.65. The third-order valence-corrected chi connectivity index (χ3v) is 2.68. The summed E-state index contributed by atoms with van der Waals surface area (Å²) in [6.07, 6.45) is -0.0407. The monoisotopic (exact) mass is 291 g/mol. The van der Waals surface area contributed by atoms with E-state index in [1.54, 1.807) is 31.1 Å². The van der Waals surface area contributed by atoms with Crippen molar-refractivity contribution < 1.29 is 9.13 Å². The fraction of sp³-hybridized carbons (Fsp3) is 0.357. The highest BCUT2D eigenvalue weighted by atomic mass is 19.1. The molecule has 1 N–H and O–H groups in total. The molecule has 21 heavy (non-hydrogen) atoms. The highest BCUT2D eigenvalue weighted by Crippen LogP contribution is 2.22. The van der Waals surface area contributed by atoms with E-state index in [0.29, 0.717) is 11.9 Å². The van der Waals surface area contributed by atoms with E-state index >= 15 is 0 Å². The van der Waals surface area contributed by atoms with Crippen LogP contribution in [0.2, 0.25) is 0 Å². The summed E-state index contributed by atoms with van der Waals surface area (Å²) >= 11 is 0. The number of benzene rings is 1. The van der Waals surface area contributed by atoms with E-state index < -0.39 is 0 Å². The van der Waals surface area contributed by atoms with Crippen LogP contribution in [0.3, 0.4) is 0 Å². The maximum Gasteiger partial charge on any atom is 0.323 e. The Morgan fingerprint density at radius 3 is 2.38 bits per heavy atom. The number of hydrogen-bond acceptors (Lipinski definition) is 6. The van der Waals surface area contributed by atoms with E-state index in [1.807, 2.05) is 13.8 Å². The Labute approximate surface area is 123 Å². The zero-order valence-corrected chi connectivity index (χ0v) is 12.5. The Hall–Kier alpha value is -2.44. The quantitative estimate of drug-likeness (QED) is 0.913. The minimum Gasteiger partial charge on any atom is -0.461 e. The van der Waals surface area contributed by atoms with Crippen LogP contribution < -0.4 is 15.0 Å². The molecule has 112 valence electrons. The first-order chi connectivity index (χ1) is 9.99. The lowest BCUT2D eigenvalue weighted by Gasteiger charge is -2.18. The molecule has 0 aliphatic carbocycles. The molecule has 2 rings (SSSR count). The number of halogens is 1. The minimum absolute atomic E-state index is 0.0407. The van der Waals surface area contributed by atoms with Gasteiger partial charge in [-0.3, -0.25) is 0 Å². The second-order valence-corrected chi connectivity index (χ2v) is 4.69. The average Bonchev–Trinajstić information content (AvgIpc) is 2.46. The number of aromatic nitrogens is 3. The second kappa shape index (κ2) is 6.34. The summed E-state index contributed by atoms with van der Waals surface area (Å²) in [5, 5.41) is 2.87. The maximum atomic E-state index is 13.0. The largest absolute Gasteiger partial charge is 0.461 e. The van der Waals surface area contributed by atoms with Crippen molar-refractivity contribution in [3.05, 3.63) is 30.1 Å². The third-order valence-electron chi connectivity index (χ3n) is 2.68. The zero-order chi connectivity index (χ0) is 15.4. The van der Waals surface area contributed by atoms with Gasteiger partial charge in [-0.15, -0.1) is 0 Å². The van der Waals surface area contributed by atoms with Crippen LogP contribution in [-0.2, 0) is 0 Å². The molecule has 0 amide bonds. The zero-order valence-electron chi connectivity index (χ0n) is 12.5. The number of ether oxygens (including phenoxy) is 1. The van der Waals surface area contributed by atoms with Crippen LogP contribution in [0.5, 0.6) is 6.01 Å². The smallest absolute Gasteiger partial charge is 0.323 e. The molecule has 0 unspecified atom stereocenters. The predicted molar refractivity (Wildman–Crippen MR) is 79.6 cm³/mol. The maximum absolute atomic E-state index is 13.0. The van der Waals surface area contributed by atoms with Gasteiger partial charge in [0.15, 0.2) is 0 Å². The molecule has 6 nitrogen and oxygen atoms in total. The van der Waals surface area contributed by atoms with Crippen LogP contribution in [0.25, 0.3) is 0 Å². The van der Waals surface area contributed by atoms with Gasteiger partial charge in [0, 0.05) is 19.8 Å². The fourth-order valence-corrected chi connectivity index (χ4v) is 1.65. The lowest BCUT2D eigenvalue weighted by molar-refractivity contribution is 0.222. The van der Waals surface area contributed by atoms with Crippen LogP contribution >= 0.6 is 0 Å². The first-order valence-corrected chi connectivity index (χ1v) is 6.59. The van der Waals surface area contributed by atoms with E-state index in [-0.39, 0.29) is 17.9 Å². The molecule has 2 aromatic rings. The van der Waals surface area contributed by atoms with Crippen molar-refractivity contribution in [1.82, 2.24) is 15.0 Å². The van der Waals surface area contributed by atoms with E-state index in [4.69, 9.17) is 4.74 Å². The highest BCUT2D eigenvalue weighted by molar-refractivity contribution is 5.57. The summed E-state index contributed by atoms with van der Waals surface area (Å²) in [4.78, 5) is 14.4. The van der Waals surface area contributed by atoms with Gasteiger partial charge in [0.2, 0.25) is 11.9 Å². The van der Waals surface area contributed by atoms with Crippen molar-refractivity contribution in [2.24, 2.45) is 0 Å². The second-order valence-electron chi connectivity index (χ2n) is 4.69. The van der Waals surface area contributed by atoms with E-state index in [0.717, 1.165) is 5.69 Å². The first kappa shape index (κ1) is 15.0. The molecule has 0 atom stereocenters. The molecule has 0 spiro atoms. The summed E-state index contributed by atoms with van der Waals surface area (Å²) in [5.74, 6) is 0.531. The van der Waals surface area contributed by atoms with Crippen molar-refractivity contribution in [2.75, 3.05) is 24.3 Å². The average molecular weight is 291 g/mol. The summed E-state index contributed by atoms with van der Waals surface area (Å²) in [5.41, 5.74) is 0.764. The third kappa shape index (κ3) is 3.77. The molecule has 1 aromatic heterocycles. The topological polar surface area (TPSA) is 63.2 Å². The van der Waals surface area contributed by atoms with Crippen LogP contribution in [-0.4, -0.2) is 35.2 Å². The molecular formula is C14H18FN5O. The van der Waals surface area contributed by atoms with Crippen LogP contribution in [0.15, 0.2) is 24.3 Å². The van der Waals surface area contributed by atoms with Gasteiger partial charge >= 0.3 is 6.01 Å². The molecule has 0 saturated heterocycles. The summed E-state index contributed by atoms with van der Waals surface area (Å²) in [6, 6.07) is 6.32. The van der Waals surface area contributed by atoms with Crippen LogP contribution in [0, 0.1) is 5.82 Å². The highest BCUT2D eigenvalue weighted by Gasteiger charge is 2.13. The molecule has 0 saturated carbocycles. The molecule has 1 heterocycles. The molecule has 0 aliphatic heterocycles.